The third-order valence-corrected chi connectivity index (χ3v) is 1.99. The molecular weight excluding hydrogens is 152 g/mol. The molecule has 0 saturated carbocycles. The maximum absolute atomic E-state index is 11.1. The lowest BCUT2D eigenvalue weighted by Gasteiger charge is -2.15. The van der Waals surface area contributed by atoms with E-state index >= 15 is 0 Å². The number of esters is 1. The molecule has 0 saturated heterocycles. The lowest BCUT2D eigenvalue weighted by atomic mass is 9.95. The molecule has 12 heavy (non-hydrogen) atoms. The lowest BCUT2D eigenvalue weighted by molar-refractivity contribution is -0.148. The predicted molar refractivity (Wildman–Crippen MR) is 49.8 cm³/mol. The van der Waals surface area contributed by atoms with Gasteiger partial charge in [-0.2, -0.15) is 0 Å². The Hall–Kier alpha value is -0.530. The highest BCUT2D eigenvalue weighted by Gasteiger charge is 2.13. The molecule has 0 aliphatic rings. The zero-order valence-electron chi connectivity index (χ0n) is 8.76. The summed E-state index contributed by atoms with van der Waals surface area (Å²) in [4.78, 5) is 11.1. The van der Waals surface area contributed by atoms with Crippen LogP contribution in [0.5, 0.6) is 0 Å². The molecule has 0 aromatic rings. The minimum atomic E-state index is -0.0776. The molecule has 0 bridgehead atoms. The van der Waals surface area contributed by atoms with Crippen LogP contribution in [0.1, 0.15) is 41.0 Å². The molecule has 0 aromatic heterocycles. The van der Waals surface area contributed by atoms with Crippen LogP contribution in [-0.2, 0) is 9.53 Å². The molecule has 0 amide bonds. The number of rotatable bonds is 4. The van der Waals surface area contributed by atoms with Crippen molar-refractivity contribution in [3.63, 3.8) is 0 Å². The fourth-order valence-corrected chi connectivity index (χ4v) is 0.810. The molecule has 0 spiro atoms. The first-order valence-corrected chi connectivity index (χ1v) is 4.63. The summed E-state index contributed by atoms with van der Waals surface area (Å²) < 4.78 is 5.03. The van der Waals surface area contributed by atoms with E-state index in [0.29, 0.717) is 18.3 Å². The van der Waals surface area contributed by atoms with Gasteiger partial charge in [-0.1, -0.05) is 20.8 Å². The third-order valence-electron chi connectivity index (χ3n) is 1.99. The fraction of sp³-hybridized carbons (Fsp3) is 0.900. The van der Waals surface area contributed by atoms with Crippen LogP contribution in [0.4, 0.5) is 0 Å². The van der Waals surface area contributed by atoms with Crippen molar-refractivity contribution in [2.45, 2.75) is 47.1 Å². The summed E-state index contributed by atoms with van der Waals surface area (Å²) in [6.07, 6.45) is 0.549. The monoisotopic (exact) mass is 172 g/mol. The highest BCUT2D eigenvalue weighted by molar-refractivity contribution is 5.69. The average molecular weight is 172 g/mol. The van der Waals surface area contributed by atoms with E-state index < -0.39 is 0 Å². The van der Waals surface area contributed by atoms with Crippen molar-refractivity contribution in [1.82, 2.24) is 0 Å². The zero-order valence-corrected chi connectivity index (χ0v) is 8.76. The average Bonchev–Trinajstić information content (AvgIpc) is 1.84. The van der Waals surface area contributed by atoms with E-state index in [1.165, 1.54) is 0 Å². The van der Waals surface area contributed by atoms with Crippen LogP contribution in [0.2, 0.25) is 0 Å². The topological polar surface area (TPSA) is 26.3 Å². The molecule has 2 heteroatoms. The second kappa shape index (κ2) is 5.18. The minimum absolute atomic E-state index is 0.0110. The summed E-state index contributed by atoms with van der Waals surface area (Å²) in [7, 11) is 0. The summed E-state index contributed by atoms with van der Waals surface area (Å²) in [6.45, 7) is 10.1. The SMILES string of the molecule is CC(C)OC(=O)C[C@@H](C)C(C)C. The summed E-state index contributed by atoms with van der Waals surface area (Å²) in [6, 6.07) is 0. The first kappa shape index (κ1) is 11.5. The van der Waals surface area contributed by atoms with Crippen LogP contribution in [0.3, 0.4) is 0 Å². The van der Waals surface area contributed by atoms with Crippen LogP contribution in [0, 0.1) is 11.8 Å². The number of hydrogen-bond acceptors (Lipinski definition) is 2. The van der Waals surface area contributed by atoms with Gasteiger partial charge in [-0.15, -0.1) is 0 Å². The van der Waals surface area contributed by atoms with Gasteiger partial charge in [0.25, 0.3) is 0 Å². The predicted octanol–water partition coefficient (Wildman–Crippen LogP) is 2.62. The summed E-state index contributed by atoms with van der Waals surface area (Å²) >= 11 is 0. The van der Waals surface area contributed by atoms with E-state index in [-0.39, 0.29) is 12.1 Å². The fourth-order valence-electron chi connectivity index (χ4n) is 0.810. The maximum Gasteiger partial charge on any atom is 0.306 e. The Morgan fingerprint density at radius 3 is 2.00 bits per heavy atom. The standard InChI is InChI=1S/C10H20O2/c1-7(2)9(5)6-10(11)12-8(3)4/h7-9H,6H2,1-5H3/t9-/m1/s1. The number of carbonyl (C=O) groups excluding carboxylic acids is 1. The van der Waals surface area contributed by atoms with Gasteiger partial charge in [-0.25, -0.2) is 0 Å². The van der Waals surface area contributed by atoms with Gasteiger partial charge in [0.05, 0.1) is 6.10 Å². The molecule has 0 radical (unpaired) electrons. The Kier molecular flexibility index (Phi) is 4.95. The second-order valence-electron chi connectivity index (χ2n) is 3.96. The van der Waals surface area contributed by atoms with Gasteiger partial charge in [-0.05, 0) is 25.7 Å². The molecule has 0 aromatic carbocycles. The molecular formula is C10H20O2. The van der Waals surface area contributed by atoms with Gasteiger partial charge in [-0.3, -0.25) is 4.79 Å². The molecule has 0 N–H and O–H groups in total. The van der Waals surface area contributed by atoms with Gasteiger partial charge >= 0.3 is 5.97 Å². The van der Waals surface area contributed by atoms with Crippen molar-refractivity contribution in [3.8, 4) is 0 Å². The minimum Gasteiger partial charge on any atom is -0.463 e. The molecule has 0 aliphatic heterocycles. The Morgan fingerprint density at radius 1 is 1.17 bits per heavy atom. The molecule has 0 unspecified atom stereocenters. The van der Waals surface area contributed by atoms with Gasteiger partial charge in [0.2, 0.25) is 0 Å². The van der Waals surface area contributed by atoms with Gasteiger partial charge in [0.15, 0.2) is 0 Å². The van der Waals surface area contributed by atoms with Crippen molar-refractivity contribution in [2.24, 2.45) is 11.8 Å². The molecule has 1 atom stereocenters. The molecule has 0 fully saturated rings. The van der Waals surface area contributed by atoms with Crippen molar-refractivity contribution >= 4 is 5.97 Å². The van der Waals surface area contributed by atoms with Crippen LogP contribution in [-0.4, -0.2) is 12.1 Å². The molecule has 2 nitrogen and oxygen atoms in total. The molecule has 0 heterocycles. The largest absolute Gasteiger partial charge is 0.463 e. The van der Waals surface area contributed by atoms with E-state index in [1.54, 1.807) is 0 Å². The summed E-state index contributed by atoms with van der Waals surface area (Å²) in [5.74, 6) is 0.882. The Morgan fingerprint density at radius 2 is 1.67 bits per heavy atom. The Labute approximate surface area is 75.3 Å². The normalized spacial score (nSPS) is 13.6. The zero-order chi connectivity index (χ0) is 9.72. The van der Waals surface area contributed by atoms with E-state index in [2.05, 4.69) is 20.8 Å². The molecule has 0 aliphatic carbocycles. The summed E-state index contributed by atoms with van der Waals surface area (Å²) in [5, 5.41) is 0. The van der Waals surface area contributed by atoms with Crippen molar-refractivity contribution in [1.29, 1.82) is 0 Å². The summed E-state index contributed by atoms with van der Waals surface area (Å²) in [5.41, 5.74) is 0. The van der Waals surface area contributed by atoms with Gasteiger partial charge in [0, 0.05) is 6.42 Å². The van der Waals surface area contributed by atoms with Crippen molar-refractivity contribution < 1.29 is 9.53 Å². The third kappa shape index (κ3) is 5.16. The van der Waals surface area contributed by atoms with Gasteiger partial charge in [0.1, 0.15) is 0 Å². The van der Waals surface area contributed by atoms with E-state index in [1.807, 2.05) is 13.8 Å². The van der Waals surface area contributed by atoms with E-state index in [0.717, 1.165) is 0 Å². The van der Waals surface area contributed by atoms with Crippen LogP contribution in [0.25, 0.3) is 0 Å². The number of carbonyl (C=O) groups is 1. The highest BCUT2D eigenvalue weighted by Crippen LogP contribution is 2.14. The molecule has 72 valence electrons. The number of ether oxygens (including phenoxy) is 1. The van der Waals surface area contributed by atoms with Crippen LogP contribution < -0.4 is 0 Å². The maximum atomic E-state index is 11.1. The second-order valence-corrected chi connectivity index (χ2v) is 3.96. The highest BCUT2D eigenvalue weighted by atomic mass is 16.5. The van der Waals surface area contributed by atoms with Crippen LogP contribution >= 0.6 is 0 Å². The lowest BCUT2D eigenvalue weighted by Crippen LogP contribution is -2.16. The Bertz CT molecular complexity index is 139. The van der Waals surface area contributed by atoms with Crippen molar-refractivity contribution in [2.75, 3.05) is 0 Å². The van der Waals surface area contributed by atoms with E-state index in [4.69, 9.17) is 4.74 Å². The smallest absolute Gasteiger partial charge is 0.306 e. The Balaban J connectivity index is 3.69. The first-order chi connectivity index (χ1) is 5.43. The molecule has 0 rings (SSSR count). The van der Waals surface area contributed by atoms with Gasteiger partial charge < -0.3 is 4.74 Å². The first-order valence-electron chi connectivity index (χ1n) is 4.63. The number of hydrogen-bond donors (Lipinski definition) is 0. The van der Waals surface area contributed by atoms with E-state index in [9.17, 15) is 4.79 Å². The van der Waals surface area contributed by atoms with Crippen LogP contribution in [0.15, 0.2) is 0 Å². The van der Waals surface area contributed by atoms with Crippen molar-refractivity contribution in [3.05, 3.63) is 0 Å². The quantitative estimate of drug-likeness (QED) is 0.609.